The van der Waals surface area contributed by atoms with Crippen LogP contribution in [0.4, 0.5) is 0 Å². The Bertz CT molecular complexity index is 240. The van der Waals surface area contributed by atoms with Crippen molar-refractivity contribution in [2.45, 2.75) is 37.9 Å². The van der Waals surface area contributed by atoms with Crippen molar-refractivity contribution in [1.29, 1.82) is 0 Å². The molecule has 1 fully saturated rings. The van der Waals surface area contributed by atoms with Gasteiger partial charge in [-0.1, -0.05) is 0 Å². The lowest BCUT2D eigenvalue weighted by Crippen LogP contribution is -2.47. The third-order valence-corrected chi connectivity index (χ3v) is 2.67. The van der Waals surface area contributed by atoms with Crippen LogP contribution < -0.4 is 5.32 Å². The number of carbonyl (C=O) groups excluding carboxylic acids is 1. The van der Waals surface area contributed by atoms with Gasteiger partial charge in [0.25, 0.3) is 0 Å². The standard InChI is InChI=1S/C11H21NO6/c1-8-9(14)6-10(15)11(18-8)17-5-4-16-3-2-12-7-13/h7-11,14-15H,2-6H2,1H3,(H,12,13)/t8-,9?,10+,11?/m0/s1. The van der Waals surface area contributed by atoms with Crippen molar-refractivity contribution in [2.75, 3.05) is 26.4 Å². The van der Waals surface area contributed by atoms with E-state index in [0.29, 0.717) is 26.2 Å². The van der Waals surface area contributed by atoms with Gasteiger partial charge in [0.2, 0.25) is 6.41 Å². The first kappa shape index (κ1) is 15.3. The minimum atomic E-state index is -0.826. The molecule has 1 rings (SSSR count). The molecule has 1 amide bonds. The van der Waals surface area contributed by atoms with E-state index in [4.69, 9.17) is 14.2 Å². The number of rotatable bonds is 8. The normalized spacial score (nSPS) is 32.2. The molecule has 0 saturated carbocycles. The fraction of sp³-hybridized carbons (Fsp3) is 0.909. The quantitative estimate of drug-likeness (QED) is 0.369. The van der Waals surface area contributed by atoms with Crippen LogP contribution in [-0.2, 0) is 19.0 Å². The van der Waals surface area contributed by atoms with Crippen molar-refractivity contribution in [3.63, 3.8) is 0 Å². The third-order valence-electron chi connectivity index (χ3n) is 2.67. The van der Waals surface area contributed by atoms with Gasteiger partial charge in [0.1, 0.15) is 6.10 Å². The monoisotopic (exact) mass is 263 g/mol. The summed E-state index contributed by atoms with van der Waals surface area (Å²) in [4.78, 5) is 9.94. The van der Waals surface area contributed by atoms with Gasteiger partial charge < -0.3 is 29.7 Å². The Morgan fingerprint density at radius 1 is 1.33 bits per heavy atom. The van der Waals surface area contributed by atoms with Crippen LogP contribution in [0.5, 0.6) is 0 Å². The van der Waals surface area contributed by atoms with Crippen molar-refractivity contribution in [3.8, 4) is 0 Å². The number of aliphatic hydroxyl groups is 2. The highest BCUT2D eigenvalue weighted by Crippen LogP contribution is 2.20. The molecule has 3 N–H and O–H groups in total. The minimum Gasteiger partial charge on any atom is -0.390 e. The predicted octanol–water partition coefficient (Wildman–Crippen LogP) is -1.38. The Hall–Kier alpha value is -0.730. The molecule has 0 aromatic carbocycles. The molecule has 0 aliphatic carbocycles. The summed E-state index contributed by atoms with van der Waals surface area (Å²) in [5, 5.41) is 21.6. The van der Waals surface area contributed by atoms with Gasteiger partial charge in [0.05, 0.1) is 32.0 Å². The van der Waals surface area contributed by atoms with Crippen LogP contribution >= 0.6 is 0 Å². The zero-order valence-corrected chi connectivity index (χ0v) is 10.4. The van der Waals surface area contributed by atoms with Crippen LogP contribution in [0.1, 0.15) is 13.3 Å². The van der Waals surface area contributed by atoms with E-state index in [-0.39, 0.29) is 19.1 Å². The van der Waals surface area contributed by atoms with E-state index in [1.54, 1.807) is 6.92 Å². The molecule has 0 aromatic heterocycles. The van der Waals surface area contributed by atoms with E-state index in [1.165, 1.54) is 0 Å². The molecule has 1 aliphatic rings. The lowest BCUT2D eigenvalue weighted by molar-refractivity contribution is -0.263. The van der Waals surface area contributed by atoms with Gasteiger partial charge >= 0.3 is 0 Å². The molecule has 18 heavy (non-hydrogen) atoms. The van der Waals surface area contributed by atoms with E-state index in [1.807, 2.05) is 0 Å². The van der Waals surface area contributed by atoms with E-state index in [2.05, 4.69) is 5.32 Å². The Kier molecular flexibility index (Phi) is 7.14. The Labute approximate surface area is 106 Å². The fourth-order valence-corrected chi connectivity index (χ4v) is 1.61. The molecule has 0 bridgehead atoms. The van der Waals surface area contributed by atoms with Crippen LogP contribution in [0.3, 0.4) is 0 Å². The zero-order valence-electron chi connectivity index (χ0n) is 10.4. The Morgan fingerprint density at radius 2 is 2.11 bits per heavy atom. The average molecular weight is 263 g/mol. The van der Waals surface area contributed by atoms with E-state index in [0.717, 1.165) is 0 Å². The fourth-order valence-electron chi connectivity index (χ4n) is 1.61. The first-order valence-electron chi connectivity index (χ1n) is 6.03. The molecular weight excluding hydrogens is 242 g/mol. The lowest BCUT2D eigenvalue weighted by Gasteiger charge is -2.35. The summed E-state index contributed by atoms with van der Waals surface area (Å²) in [7, 11) is 0. The van der Waals surface area contributed by atoms with E-state index >= 15 is 0 Å². The number of hydrogen-bond donors (Lipinski definition) is 3. The van der Waals surface area contributed by atoms with Crippen LogP contribution in [0.25, 0.3) is 0 Å². The first-order chi connectivity index (χ1) is 8.65. The zero-order chi connectivity index (χ0) is 13.4. The van der Waals surface area contributed by atoms with Crippen molar-refractivity contribution >= 4 is 6.41 Å². The molecule has 1 heterocycles. The summed E-state index contributed by atoms with van der Waals surface area (Å²) in [6.45, 7) is 3.23. The molecule has 7 nitrogen and oxygen atoms in total. The number of nitrogens with one attached hydrogen (secondary N) is 1. The second-order valence-electron chi connectivity index (χ2n) is 4.14. The van der Waals surface area contributed by atoms with E-state index < -0.39 is 18.5 Å². The third kappa shape index (κ3) is 5.28. The highest BCUT2D eigenvalue weighted by atomic mass is 16.7. The SMILES string of the molecule is C[C@@H]1OC(OCCOCCNC=O)[C@H](O)CC1O. The maximum absolute atomic E-state index is 9.94. The molecule has 1 aliphatic heterocycles. The second kappa shape index (κ2) is 8.39. The Morgan fingerprint density at radius 3 is 2.83 bits per heavy atom. The minimum absolute atomic E-state index is 0.246. The Balaban J connectivity index is 2.06. The summed E-state index contributed by atoms with van der Waals surface area (Å²) in [5.74, 6) is 0. The van der Waals surface area contributed by atoms with Crippen LogP contribution in [0, 0.1) is 0 Å². The maximum Gasteiger partial charge on any atom is 0.207 e. The van der Waals surface area contributed by atoms with E-state index in [9.17, 15) is 15.0 Å². The number of carbonyl (C=O) groups is 1. The molecule has 0 spiro atoms. The number of amides is 1. The molecule has 4 atom stereocenters. The summed E-state index contributed by atoms with van der Waals surface area (Å²) < 4.78 is 15.8. The van der Waals surface area contributed by atoms with Crippen LogP contribution in [-0.4, -0.2) is 67.6 Å². The van der Waals surface area contributed by atoms with Gasteiger partial charge in [-0.3, -0.25) is 4.79 Å². The summed E-state index contributed by atoms with van der Waals surface area (Å²) in [6.07, 6.45) is -1.70. The summed E-state index contributed by atoms with van der Waals surface area (Å²) in [6, 6.07) is 0. The molecule has 106 valence electrons. The van der Waals surface area contributed by atoms with Crippen molar-refractivity contribution in [1.82, 2.24) is 5.32 Å². The van der Waals surface area contributed by atoms with Crippen molar-refractivity contribution in [3.05, 3.63) is 0 Å². The van der Waals surface area contributed by atoms with Crippen LogP contribution in [0.2, 0.25) is 0 Å². The van der Waals surface area contributed by atoms with Gasteiger partial charge in [-0.2, -0.15) is 0 Å². The molecule has 7 heteroatoms. The first-order valence-corrected chi connectivity index (χ1v) is 6.03. The molecule has 0 aromatic rings. The second-order valence-corrected chi connectivity index (χ2v) is 4.14. The van der Waals surface area contributed by atoms with Gasteiger partial charge in [0, 0.05) is 13.0 Å². The topological polar surface area (TPSA) is 97.2 Å². The van der Waals surface area contributed by atoms with Gasteiger partial charge in [-0.25, -0.2) is 0 Å². The molecular formula is C11H21NO6. The van der Waals surface area contributed by atoms with Crippen molar-refractivity contribution < 1.29 is 29.2 Å². The van der Waals surface area contributed by atoms with Crippen LogP contribution in [0.15, 0.2) is 0 Å². The number of ether oxygens (including phenoxy) is 3. The van der Waals surface area contributed by atoms with Gasteiger partial charge in [-0.05, 0) is 6.92 Å². The average Bonchev–Trinajstić information content (AvgIpc) is 2.34. The summed E-state index contributed by atoms with van der Waals surface area (Å²) in [5.41, 5.74) is 0. The van der Waals surface area contributed by atoms with Gasteiger partial charge in [-0.15, -0.1) is 0 Å². The smallest absolute Gasteiger partial charge is 0.207 e. The highest BCUT2D eigenvalue weighted by Gasteiger charge is 2.34. The largest absolute Gasteiger partial charge is 0.390 e. The summed E-state index contributed by atoms with van der Waals surface area (Å²) >= 11 is 0. The number of hydrogen-bond acceptors (Lipinski definition) is 6. The molecule has 2 unspecified atom stereocenters. The van der Waals surface area contributed by atoms with Crippen molar-refractivity contribution in [2.24, 2.45) is 0 Å². The number of aliphatic hydroxyl groups excluding tert-OH is 2. The predicted molar refractivity (Wildman–Crippen MR) is 61.8 cm³/mol. The maximum atomic E-state index is 9.94. The highest BCUT2D eigenvalue weighted by molar-refractivity contribution is 5.45. The molecule has 1 saturated heterocycles. The lowest BCUT2D eigenvalue weighted by atomic mass is 10.0. The molecule has 0 radical (unpaired) electrons. The van der Waals surface area contributed by atoms with Gasteiger partial charge in [0.15, 0.2) is 6.29 Å².